The molecular weight excluding hydrogens is 360 g/mol. The van der Waals surface area contributed by atoms with Gasteiger partial charge in [-0.1, -0.05) is 24.3 Å². The maximum atomic E-state index is 12.4. The molecule has 1 N–H and O–H groups in total. The zero-order chi connectivity index (χ0) is 16.6. The molecule has 0 fully saturated rings. The van der Waals surface area contributed by atoms with E-state index in [0.717, 1.165) is 9.37 Å². The fraction of sp³-hybridized carbons (Fsp3) is 0.118. The number of nitrogens with zero attached hydrogens (tertiary/aromatic N) is 1. The van der Waals surface area contributed by atoms with Crippen LogP contribution in [0.4, 0.5) is 5.69 Å². The first-order valence-corrected chi connectivity index (χ1v) is 7.82. The first-order chi connectivity index (χ1) is 11.0. The minimum Gasteiger partial charge on any atom is -0.323 e. The Bertz CT molecular complexity index is 784. The molecule has 2 aromatic carbocycles. The largest absolute Gasteiger partial charge is 0.323 e. The van der Waals surface area contributed by atoms with E-state index in [1.54, 1.807) is 42.5 Å². The average molecular weight is 373 g/mol. The lowest BCUT2D eigenvalue weighted by atomic mass is 10.1. The molecular formula is C17H13BrN2O3. The van der Waals surface area contributed by atoms with Crippen molar-refractivity contribution in [3.05, 3.63) is 64.1 Å². The van der Waals surface area contributed by atoms with Crippen LogP contribution in [-0.2, 0) is 4.79 Å². The molecule has 3 amide bonds. The summed E-state index contributed by atoms with van der Waals surface area (Å²) in [6.45, 7) is 1.54. The summed E-state index contributed by atoms with van der Waals surface area (Å²) in [6.07, 6.45) is 0. The van der Waals surface area contributed by atoms with E-state index in [-0.39, 0.29) is 0 Å². The van der Waals surface area contributed by atoms with Crippen LogP contribution in [0.3, 0.4) is 0 Å². The van der Waals surface area contributed by atoms with Crippen LogP contribution in [0.1, 0.15) is 27.6 Å². The monoisotopic (exact) mass is 372 g/mol. The fourth-order valence-electron chi connectivity index (χ4n) is 2.48. The van der Waals surface area contributed by atoms with Crippen LogP contribution in [0.25, 0.3) is 0 Å². The van der Waals surface area contributed by atoms with Gasteiger partial charge in [0, 0.05) is 4.47 Å². The molecule has 1 heterocycles. The van der Waals surface area contributed by atoms with Gasteiger partial charge >= 0.3 is 0 Å². The van der Waals surface area contributed by atoms with Crippen LogP contribution in [0.2, 0.25) is 0 Å². The quantitative estimate of drug-likeness (QED) is 0.841. The lowest BCUT2D eigenvalue weighted by molar-refractivity contribution is -0.119. The van der Waals surface area contributed by atoms with Gasteiger partial charge in [0.2, 0.25) is 5.91 Å². The summed E-state index contributed by atoms with van der Waals surface area (Å²) in [4.78, 5) is 38.2. The molecule has 6 heteroatoms. The van der Waals surface area contributed by atoms with Gasteiger partial charge in [0.15, 0.2) is 0 Å². The smallest absolute Gasteiger partial charge is 0.262 e. The molecule has 0 spiro atoms. The van der Waals surface area contributed by atoms with Crippen LogP contribution in [0.15, 0.2) is 53.0 Å². The topological polar surface area (TPSA) is 66.5 Å². The van der Waals surface area contributed by atoms with Crippen molar-refractivity contribution >= 4 is 39.3 Å². The molecule has 1 atom stereocenters. The highest BCUT2D eigenvalue weighted by atomic mass is 79.9. The predicted molar refractivity (Wildman–Crippen MR) is 89.2 cm³/mol. The number of fused-ring (bicyclic) bond motifs is 1. The Labute approximate surface area is 141 Å². The number of hydrogen-bond donors (Lipinski definition) is 1. The lowest BCUT2D eigenvalue weighted by Crippen LogP contribution is -2.45. The molecule has 116 valence electrons. The summed E-state index contributed by atoms with van der Waals surface area (Å²) in [5.41, 5.74) is 1.25. The number of para-hydroxylation sites is 1. The van der Waals surface area contributed by atoms with E-state index in [0.29, 0.717) is 16.8 Å². The Balaban J connectivity index is 1.83. The fourth-order valence-corrected chi connectivity index (χ4v) is 2.86. The highest BCUT2D eigenvalue weighted by Gasteiger charge is 2.40. The van der Waals surface area contributed by atoms with Crippen LogP contribution in [-0.4, -0.2) is 28.7 Å². The molecule has 0 aromatic heterocycles. The van der Waals surface area contributed by atoms with Gasteiger partial charge in [-0.3, -0.25) is 19.3 Å². The number of nitrogens with one attached hydrogen (secondary N) is 1. The second-order valence-corrected chi connectivity index (χ2v) is 6.03. The number of anilines is 1. The SMILES string of the molecule is C[C@@H](C(=O)Nc1ccccc1Br)N1C(=O)c2ccccc2C1=O. The number of halogens is 1. The van der Waals surface area contributed by atoms with Gasteiger partial charge in [-0.05, 0) is 47.1 Å². The van der Waals surface area contributed by atoms with Gasteiger partial charge in [-0.15, -0.1) is 0 Å². The molecule has 0 aliphatic carbocycles. The van der Waals surface area contributed by atoms with Gasteiger partial charge in [0.05, 0.1) is 16.8 Å². The van der Waals surface area contributed by atoms with Crippen LogP contribution < -0.4 is 5.32 Å². The highest BCUT2D eigenvalue weighted by Crippen LogP contribution is 2.26. The first-order valence-electron chi connectivity index (χ1n) is 7.03. The normalized spacial score (nSPS) is 14.6. The third-order valence-corrected chi connectivity index (χ3v) is 4.42. The Morgan fingerprint density at radius 1 is 1.00 bits per heavy atom. The molecule has 5 nitrogen and oxygen atoms in total. The maximum Gasteiger partial charge on any atom is 0.262 e. The standard InChI is InChI=1S/C17H13BrN2O3/c1-10(15(21)19-14-9-5-4-8-13(14)18)20-16(22)11-6-2-3-7-12(11)17(20)23/h2-10H,1H3,(H,19,21)/t10-/m0/s1. The summed E-state index contributed by atoms with van der Waals surface area (Å²) in [5, 5.41) is 2.72. The van der Waals surface area contributed by atoms with Crippen molar-refractivity contribution in [3.8, 4) is 0 Å². The van der Waals surface area contributed by atoms with E-state index >= 15 is 0 Å². The summed E-state index contributed by atoms with van der Waals surface area (Å²) >= 11 is 3.34. The molecule has 2 aromatic rings. The number of benzene rings is 2. The number of carbonyl (C=O) groups excluding carboxylic acids is 3. The van der Waals surface area contributed by atoms with E-state index in [9.17, 15) is 14.4 Å². The Hall–Kier alpha value is -2.47. The number of imide groups is 1. The second-order valence-electron chi connectivity index (χ2n) is 5.17. The molecule has 23 heavy (non-hydrogen) atoms. The van der Waals surface area contributed by atoms with Gasteiger partial charge in [0.25, 0.3) is 11.8 Å². The maximum absolute atomic E-state index is 12.4. The molecule has 3 rings (SSSR count). The number of amides is 3. The van der Waals surface area contributed by atoms with Crippen molar-refractivity contribution in [2.75, 3.05) is 5.32 Å². The van der Waals surface area contributed by atoms with Crippen LogP contribution in [0, 0.1) is 0 Å². The lowest BCUT2D eigenvalue weighted by Gasteiger charge is -2.22. The molecule has 0 saturated carbocycles. The molecule has 0 radical (unpaired) electrons. The summed E-state index contributed by atoms with van der Waals surface area (Å²) in [7, 11) is 0. The Morgan fingerprint density at radius 3 is 2.09 bits per heavy atom. The molecule has 0 saturated heterocycles. The van der Waals surface area contributed by atoms with E-state index in [2.05, 4.69) is 21.2 Å². The zero-order valence-corrected chi connectivity index (χ0v) is 13.8. The molecule has 0 unspecified atom stereocenters. The first kappa shape index (κ1) is 15.4. The number of carbonyl (C=O) groups is 3. The molecule has 1 aliphatic rings. The van der Waals surface area contributed by atoms with Crippen molar-refractivity contribution in [3.63, 3.8) is 0 Å². The minimum absolute atomic E-state index is 0.332. The van der Waals surface area contributed by atoms with E-state index in [1.807, 2.05) is 6.07 Å². The third kappa shape index (κ3) is 2.66. The van der Waals surface area contributed by atoms with Crippen molar-refractivity contribution in [2.45, 2.75) is 13.0 Å². The number of rotatable bonds is 3. The van der Waals surface area contributed by atoms with Crippen LogP contribution in [0.5, 0.6) is 0 Å². The summed E-state index contributed by atoms with van der Waals surface area (Å²) in [6, 6.07) is 12.8. The predicted octanol–water partition coefficient (Wildman–Crippen LogP) is 3.07. The van der Waals surface area contributed by atoms with Crippen molar-refractivity contribution in [1.29, 1.82) is 0 Å². The Morgan fingerprint density at radius 2 is 1.52 bits per heavy atom. The van der Waals surface area contributed by atoms with Crippen molar-refractivity contribution in [1.82, 2.24) is 4.90 Å². The van der Waals surface area contributed by atoms with E-state index < -0.39 is 23.8 Å². The van der Waals surface area contributed by atoms with Gasteiger partial charge in [0.1, 0.15) is 6.04 Å². The van der Waals surface area contributed by atoms with E-state index in [4.69, 9.17) is 0 Å². The van der Waals surface area contributed by atoms with Crippen LogP contribution >= 0.6 is 15.9 Å². The summed E-state index contributed by atoms with van der Waals surface area (Å²) in [5.74, 6) is -1.31. The molecule has 0 bridgehead atoms. The third-order valence-electron chi connectivity index (χ3n) is 3.72. The highest BCUT2D eigenvalue weighted by molar-refractivity contribution is 9.10. The average Bonchev–Trinajstić information content (AvgIpc) is 2.81. The van der Waals surface area contributed by atoms with Gasteiger partial charge < -0.3 is 5.32 Å². The Kier molecular flexibility index (Phi) is 4.00. The van der Waals surface area contributed by atoms with E-state index in [1.165, 1.54) is 6.92 Å². The summed E-state index contributed by atoms with van der Waals surface area (Å²) < 4.78 is 0.725. The van der Waals surface area contributed by atoms with Crippen molar-refractivity contribution < 1.29 is 14.4 Å². The minimum atomic E-state index is -0.908. The molecule has 1 aliphatic heterocycles. The van der Waals surface area contributed by atoms with Gasteiger partial charge in [-0.2, -0.15) is 0 Å². The zero-order valence-electron chi connectivity index (χ0n) is 12.2. The number of hydrogen-bond acceptors (Lipinski definition) is 3. The van der Waals surface area contributed by atoms with Gasteiger partial charge in [-0.25, -0.2) is 0 Å². The second kappa shape index (κ2) is 5.96. The van der Waals surface area contributed by atoms with Crippen molar-refractivity contribution in [2.24, 2.45) is 0 Å².